The molecule has 0 radical (unpaired) electrons. The van der Waals surface area contributed by atoms with E-state index in [9.17, 15) is 0 Å². The lowest BCUT2D eigenvalue weighted by Crippen LogP contribution is -2.05. The first-order valence-corrected chi connectivity index (χ1v) is 11.3. The highest BCUT2D eigenvalue weighted by Gasteiger charge is 2.11. The van der Waals surface area contributed by atoms with Crippen LogP contribution in [0.25, 0.3) is 10.8 Å². The molecule has 2 aliphatic rings. The van der Waals surface area contributed by atoms with E-state index in [1.807, 2.05) is 21.8 Å². The Morgan fingerprint density at radius 2 is 1.09 bits per heavy atom. The van der Waals surface area contributed by atoms with Crippen LogP contribution in [-0.4, -0.2) is 30.0 Å². The highest BCUT2D eigenvalue weighted by Crippen LogP contribution is 2.25. The molecule has 0 N–H and O–H groups in total. The Labute approximate surface area is 196 Å². The van der Waals surface area contributed by atoms with Gasteiger partial charge >= 0.3 is 0 Å². The molecule has 0 amide bonds. The Morgan fingerprint density at radius 1 is 0.588 bits per heavy atom. The maximum atomic E-state index is 5.87. The Hall–Kier alpha value is -3.88. The van der Waals surface area contributed by atoms with Gasteiger partial charge in [0.1, 0.15) is 11.4 Å². The fraction of sp³-hybridized carbons (Fsp3) is 0.231. The van der Waals surface area contributed by atoms with Crippen LogP contribution in [0.4, 0.5) is 0 Å². The minimum Gasteiger partial charge on any atom is -0.370 e. The molecule has 4 heterocycles. The molecule has 0 spiro atoms. The van der Waals surface area contributed by atoms with E-state index >= 15 is 0 Å². The number of nitrogens with zero attached hydrogens (tertiary/aromatic N) is 6. The highest BCUT2D eigenvalue weighted by atomic mass is 16.5. The van der Waals surface area contributed by atoms with Crippen LogP contribution < -0.4 is 0 Å². The molecule has 6 bridgehead atoms. The quantitative estimate of drug-likeness (QED) is 0.355. The van der Waals surface area contributed by atoms with E-state index in [0.29, 0.717) is 39.5 Å². The summed E-state index contributed by atoms with van der Waals surface area (Å²) in [5.41, 5.74) is 6.19. The molecular weight excluding hydrogens is 428 g/mol. The van der Waals surface area contributed by atoms with Crippen LogP contribution in [0.2, 0.25) is 0 Å². The monoisotopic (exact) mass is 452 g/mol. The van der Waals surface area contributed by atoms with Gasteiger partial charge in [-0.15, -0.1) is 10.2 Å². The van der Waals surface area contributed by atoms with E-state index in [1.54, 1.807) is 0 Å². The predicted octanol–water partition coefficient (Wildman–Crippen LogP) is 3.87. The summed E-state index contributed by atoms with van der Waals surface area (Å²) < 4.78 is 15.5. The lowest BCUT2D eigenvalue weighted by molar-refractivity contribution is 0.102. The van der Waals surface area contributed by atoms with E-state index in [4.69, 9.17) is 9.47 Å². The molecule has 0 unspecified atom stereocenters. The van der Waals surface area contributed by atoms with Crippen molar-refractivity contribution >= 4 is 10.8 Å². The van der Waals surface area contributed by atoms with Gasteiger partial charge in [0.05, 0.1) is 51.9 Å². The van der Waals surface area contributed by atoms with Crippen LogP contribution in [0.15, 0.2) is 73.1 Å². The van der Waals surface area contributed by atoms with Crippen molar-refractivity contribution < 1.29 is 9.47 Å². The molecule has 8 nitrogen and oxygen atoms in total. The molecule has 0 saturated heterocycles. The van der Waals surface area contributed by atoms with Crippen molar-refractivity contribution in [2.75, 3.05) is 0 Å². The standard InChI is InChI=1S/C26H24N6O2/c1-3-21-4-2-6-23-12-32-14-25(28-30-32)18-34-16-20-9-7-19(8-10-20)15-33-17-24-13-31(29-27-24)11-22(5-1)26(21)23/h1-10,13-14H,11-12,15-18H2. The lowest BCUT2D eigenvalue weighted by atomic mass is 9.99. The fourth-order valence-electron chi connectivity index (χ4n) is 4.36. The summed E-state index contributed by atoms with van der Waals surface area (Å²) in [5.74, 6) is 0. The number of ether oxygens (including phenoxy) is 2. The second-order valence-corrected chi connectivity index (χ2v) is 8.55. The largest absolute Gasteiger partial charge is 0.370 e. The molecular formula is C26H24N6O2. The first-order valence-electron chi connectivity index (χ1n) is 11.3. The summed E-state index contributed by atoms with van der Waals surface area (Å²) in [5, 5.41) is 19.7. The average molecular weight is 453 g/mol. The molecule has 2 aromatic heterocycles. The van der Waals surface area contributed by atoms with Crippen molar-refractivity contribution in [3.63, 3.8) is 0 Å². The fourth-order valence-corrected chi connectivity index (χ4v) is 4.36. The molecule has 7 rings (SSSR count). The van der Waals surface area contributed by atoms with Gasteiger partial charge in [-0.1, -0.05) is 71.1 Å². The van der Waals surface area contributed by atoms with Gasteiger partial charge in [-0.2, -0.15) is 0 Å². The zero-order chi connectivity index (χ0) is 22.7. The van der Waals surface area contributed by atoms with Crippen molar-refractivity contribution in [2.24, 2.45) is 0 Å². The molecule has 0 aliphatic carbocycles. The Bertz CT molecular complexity index is 1320. The molecule has 0 fully saturated rings. The maximum absolute atomic E-state index is 5.87. The van der Waals surface area contributed by atoms with E-state index in [0.717, 1.165) is 22.5 Å². The third-order valence-electron chi connectivity index (χ3n) is 5.97. The van der Waals surface area contributed by atoms with E-state index < -0.39 is 0 Å². The molecule has 5 aromatic rings. The first-order chi connectivity index (χ1) is 16.8. The lowest BCUT2D eigenvalue weighted by Gasteiger charge is -2.12. The number of benzene rings is 3. The molecule has 0 saturated carbocycles. The van der Waals surface area contributed by atoms with Crippen LogP contribution in [0.3, 0.4) is 0 Å². The van der Waals surface area contributed by atoms with Crippen molar-refractivity contribution in [1.29, 1.82) is 0 Å². The van der Waals surface area contributed by atoms with Crippen LogP contribution in [0.1, 0.15) is 33.6 Å². The smallest absolute Gasteiger partial charge is 0.108 e. The van der Waals surface area contributed by atoms with Crippen LogP contribution in [0, 0.1) is 0 Å². The molecule has 8 heteroatoms. The molecule has 34 heavy (non-hydrogen) atoms. The highest BCUT2D eigenvalue weighted by molar-refractivity contribution is 5.89. The molecule has 3 aromatic carbocycles. The van der Waals surface area contributed by atoms with Crippen molar-refractivity contribution in [2.45, 2.75) is 39.5 Å². The van der Waals surface area contributed by atoms with Gasteiger partial charge in [0.2, 0.25) is 0 Å². The second kappa shape index (κ2) is 9.17. The Morgan fingerprint density at radius 3 is 1.59 bits per heavy atom. The van der Waals surface area contributed by atoms with Gasteiger partial charge in [-0.05, 0) is 33.0 Å². The Kier molecular flexibility index (Phi) is 5.58. The van der Waals surface area contributed by atoms with Crippen LogP contribution >= 0.6 is 0 Å². The summed E-state index contributed by atoms with van der Waals surface area (Å²) in [7, 11) is 0. The van der Waals surface area contributed by atoms with Crippen LogP contribution in [-0.2, 0) is 49.0 Å². The second-order valence-electron chi connectivity index (χ2n) is 8.55. The summed E-state index contributed by atoms with van der Waals surface area (Å²) in [6, 6.07) is 21.0. The third-order valence-corrected chi connectivity index (χ3v) is 5.97. The SMILES string of the molecule is c1cc2c3c(cccc3c1)Cn1cc(nn1)COCc1ccc(cc1)COCc1cn(nn1)C2. The predicted molar refractivity (Wildman–Crippen MR) is 126 cm³/mol. The van der Waals surface area contributed by atoms with Gasteiger partial charge in [-0.25, -0.2) is 9.36 Å². The van der Waals surface area contributed by atoms with Crippen molar-refractivity contribution in [1.82, 2.24) is 30.0 Å². The van der Waals surface area contributed by atoms with E-state index in [1.165, 1.54) is 21.9 Å². The van der Waals surface area contributed by atoms with Crippen molar-refractivity contribution in [3.05, 3.63) is 107 Å². The zero-order valence-corrected chi connectivity index (χ0v) is 18.7. The van der Waals surface area contributed by atoms with Crippen LogP contribution in [0.5, 0.6) is 0 Å². The van der Waals surface area contributed by atoms with E-state index in [2.05, 4.69) is 81.3 Å². The van der Waals surface area contributed by atoms with Gasteiger partial charge in [-0.3, -0.25) is 0 Å². The molecule has 170 valence electrons. The van der Waals surface area contributed by atoms with Gasteiger partial charge in [0, 0.05) is 0 Å². The molecule has 2 aliphatic heterocycles. The van der Waals surface area contributed by atoms with E-state index in [-0.39, 0.29) is 0 Å². The van der Waals surface area contributed by atoms with Crippen molar-refractivity contribution in [3.8, 4) is 0 Å². The topological polar surface area (TPSA) is 79.9 Å². The summed E-state index contributed by atoms with van der Waals surface area (Å²) in [4.78, 5) is 0. The number of aromatic nitrogens is 6. The summed E-state index contributed by atoms with van der Waals surface area (Å²) in [6.07, 6.45) is 3.90. The Balaban J connectivity index is 1.35. The minimum atomic E-state index is 0.417. The third kappa shape index (κ3) is 4.46. The normalized spacial score (nSPS) is 14.7. The maximum Gasteiger partial charge on any atom is 0.108 e. The zero-order valence-electron chi connectivity index (χ0n) is 18.7. The number of rotatable bonds is 0. The number of hydrogen-bond acceptors (Lipinski definition) is 6. The number of fused-ring (bicyclic) bond motifs is 6. The first kappa shape index (κ1) is 20.7. The van der Waals surface area contributed by atoms with Gasteiger partial charge in [0.25, 0.3) is 0 Å². The molecule has 0 atom stereocenters. The minimum absolute atomic E-state index is 0.417. The van der Waals surface area contributed by atoms with Gasteiger partial charge in [0.15, 0.2) is 0 Å². The summed E-state index contributed by atoms with van der Waals surface area (Å²) >= 11 is 0. The average Bonchev–Trinajstić information content (AvgIpc) is 3.49. The summed E-state index contributed by atoms with van der Waals surface area (Å²) in [6.45, 7) is 3.12. The van der Waals surface area contributed by atoms with Gasteiger partial charge < -0.3 is 9.47 Å². The number of hydrogen-bond donors (Lipinski definition) is 0.